The van der Waals surface area contributed by atoms with E-state index < -0.39 is 11.1 Å². The van der Waals surface area contributed by atoms with Crippen molar-refractivity contribution >= 4 is 16.9 Å². The summed E-state index contributed by atoms with van der Waals surface area (Å²) < 4.78 is 8.47. The van der Waals surface area contributed by atoms with Crippen LogP contribution in [0.1, 0.15) is 35.3 Å². The summed E-state index contributed by atoms with van der Waals surface area (Å²) in [6, 6.07) is 22.0. The van der Waals surface area contributed by atoms with Crippen molar-refractivity contribution in [1.29, 1.82) is 0 Å². The molecule has 1 aromatic heterocycles. The Hall–Kier alpha value is -4.13. The molecule has 0 bridgehead atoms. The molecule has 0 fully saturated rings. The number of benzene rings is 3. The molecule has 0 saturated heterocycles. The number of carbonyl (C=O) groups is 1. The summed E-state index contributed by atoms with van der Waals surface area (Å²) in [7, 11) is 1.59. The highest BCUT2D eigenvalue weighted by atomic mass is 16.5. The molecule has 3 aromatic carbocycles. The average molecular weight is 458 g/mol. The molecule has 4 aromatic rings. The summed E-state index contributed by atoms with van der Waals surface area (Å²) in [6.07, 6.45) is 0.109. The third-order valence-corrected chi connectivity index (χ3v) is 5.57. The van der Waals surface area contributed by atoms with Crippen LogP contribution in [-0.4, -0.2) is 21.1 Å². The second-order valence-corrected chi connectivity index (χ2v) is 8.43. The molecule has 1 heterocycles. The Morgan fingerprint density at radius 2 is 1.47 bits per heavy atom. The molecule has 7 nitrogen and oxygen atoms in total. The molecule has 174 valence electrons. The molecule has 34 heavy (non-hydrogen) atoms. The lowest BCUT2D eigenvalue weighted by Crippen LogP contribution is -2.40. The fraction of sp³-hybridized carbons (Fsp3) is 0.222. The molecule has 0 aliphatic carbocycles. The number of fused-ring (bicyclic) bond motifs is 1. The van der Waals surface area contributed by atoms with Crippen LogP contribution in [0.4, 0.5) is 0 Å². The molecular formula is C27H27N3O4. The van der Waals surface area contributed by atoms with E-state index in [1.807, 2.05) is 62.4 Å². The van der Waals surface area contributed by atoms with Gasteiger partial charge in [-0.3, -0.25) is 19.0 Å². The standard InChI is InChI=1S/C27H27N3O4/c1-18(2)34-22-14-10-19(11-15-22)16-28-25(31)21-12-8-20(9-13-21)17-30-24-7-5-4-6-23(24)29(3)26(32)27(30)33/h4-15,18H,16-17H2,1-3H3,(H,28,31). The van der Waals surface area contributed by atoms with Gasteiger partial charge in [0.25, 0.3) is 5.91 Å². The van der Waals surface area contributed by atoms with Crippen molar-refractivity contribution in [1.82, 2.24) is 14.5 Å². The molecule has 4 rings (SSSR count). The Bertz CT molecular complexity index is 1430. The number of nitrogens with one attached hydrogen (secondary N) is 1. The van der Waals surface area contributed by atoms with Crippen LogP contribution in [0.5, 0.6) is 5.75 Å². The monoisotopic (exact) mass is 457 g/mol. The zero-order valence-corrected chi connectivity index (χ0v) is 19.4. The molecule has 7 heteroatoms. The Kier molecular flexibility index (Phi) is 6.63. The first-order valence-corrected chi connectivity index (χ1v) is 11.1. The molecule has 0 saturated carbocycles. The fourth-order valence-electron chi connectivity index (χ4n) is 3.80. The van der Waals surface area contributed by atoms with Crippen molar-refractivity contribution in [2.24, 2.45) is 7.05 Å². The third kappa shape index (κ3) is 4.93. The number of aryl methyl sites for hydroxylation is 1. The van der Waals surface area contributed by atoms with Crippen LogP contribution < -0.4 is 21.2 Å². The summed E-state index contributed by atoms with van der Waals surface area (Å²) in [5.74, 6) is 0.606. The largest absolute Gasteiger partial charge is 0.491 e. The zero-order valence-electron chi connectivity index (χ0n) is 19.4. The van der Waals surface area contributed by atoms with Crippen LogP contribution in [-0.2, 0) is 20.1 Å². The number of nitrogens with zero attached hydrogens (tertiary/aromatic N) is 2. The second-order valence-electron chi connectivity index (χ2n) is 8.43. The summed E-state index contributed by atoms with van der Waals surface area (Å²) in [5, 5.41) is 2.91. The second kappa shape index (κ2) is 9.79. The Balaban J connectivity index is 1.45. The lowest BCUT2D eigenvalue weighted by atomic mass is 10.1. The van der Waals surface area contributed by atoms with Crippen LogP contribution in [0.15, 0.2) is 82.4 Å². The zero-order chi connectivity index (χ0) is 24.2. The minimum absolute atomic E-state index is 0.109. The van der Waals surface area contributed by atoms with Crippen molar-refractivity contribution in [2.45, 2.75) is 33.0 Å². The van der Waals surface area contributed by atoms with Crippen LogP contribution in [0.2, 0.25) is 0 Å². The fourth-order valence-corrected chi connectivity index (χ4v) is 3.80. The SMILES string of the molecule is CC(C)Oc1ccc(CNC(=O)c2ccc(Cn3c(=O)c(=O)n(C)c4ccccc43)cc2)cc1. The van der Waals surface area contributed by atoms with E-state index in [-0.39, 0.29) is 18.6 Å². The van der Waals surface area contributed by atoms with Crippen LogP contribution in [0.3, 0.4) is 0 Å². The highest BCUT2D eigenvalue weighted by molar-refractivity contribution is 5.94. The van der Waals surface area contributed by atoms with Gasteiger partial charge in [0.05, 0.1) is 23.7 Å². The van der Waals surface area contributed by atoms with Gasteiger partial charge in [0.2, 0.25) is 0 Å². The highest BCUT2D eigenvalue weighted by Crippen LogP contribution is 2.15. The van der Waals surface area contributed by atoms with Crippen molar-refractivity contribution in [3.63, 3.8) is 0 Å². The first kappa shape index (κ1) is 23.0. The lowest BCUT2D eigenvalue weighted by Gasteiger charge is -2.13. The van der Waals surface area contributed by atoms with Crippen molar-refractivity contribution < 1.29 is 9.53 Å². The number of para-hydroxylation sites is 2. The van der Waals surface area contributed by atoms with Gasteiger partial charge in [-0.25, -0.2) is 0 Å². The first-order chi connectivity index (χ1) is 16.3. The number of amides is 1. The number of rotatable bonds is 7. The summed E-state index contributed by atoms with van der Waals surface area (Å²) in [6.45, 7) is 4.58. The minimum atomic E-state index is -0.576. The Labute approximate surface area is 197 Å². The van der Waals surface area contributed by atoms with Gasteiger partial charge >= 0.3 is 11.1 Å². The molecule has 0 aliphatic rings. The van der Waals surface area contributed by atoms with E-state index in [4.69, 9.17) is 4.74 Å². The van der Waals surface area contributed by atoms with Gasteiger partial charge in [0, 0.05) is 19.2 Å². The molecule has 1 N–H and O–H groups in total. The topological polar surface area (TPSA) is 82.3 Å². The predicted molar refractivity (Wildman–Crippen MR) is 132 cm³/mol. The van der Waals surface area contributed by atoms with E-state index in [9.17, 15) is 14.4 Å². The highest BCUT2D eigenvalue weighted by Gasteiger charge is 2.12. The number of ether oxygens (including phenoxy) is 1. The van der Waals surface area contributed by atoms with E-state index in [0.717, 1.165) is 16.9 Å². The predicted octanol–water partition coefficient (Wildman–Crippen LogP) is 3.47. The van der Waals surface area contributed by atoms with Crippen LogP contribution in [0.25, 0.3) is 11.0 Å². The molecule has 0 atom stereocenters. The van der Waals surface area contributed by atoms with Gasteiger partial charge in [-0.15, -0.1) is 0 Å². The Morgan fingerprint density at radius 3 is 2.12 bits per heavy atom. The van der Waals surface area contributed by atoms with Gasteiger partial charge in [-0.2, -0.15) is 0 Å². The van der Waals surface area contributed by atoms with E-state index in [1.165, 1.54) is 9.13 Å². The number of aromatic nitrogens is 2. The normalized spacial score (nSPS) is 11.1. The van der Waals surface area contributed by atoms with Crippen molar-refractivity contribution in [3.8, 4) is 5.75 Å². The number of carbonyl (C=O) groups excluding carboxylic acids is 1. The van der Waals surface area contributed by atoms with Gasteiger partial charge < -0.3 is 14.6 Å². The molecule has 1 amide bonds. The molecular weight excluding hydrogens is 430 g/mol. The quantitative estimate of drug-likeness (QED) is 0.431. The molecule has 0 radical (unpaired) electrons. The smallest absolute Gasteiger partial charge is 0.317 e. The van der Waals surface area contributed by atoms with Crippen molar-refractivity contribution in [2.75, 3.05) is 0 Å². The van der Waals surface area contributed by atoms with Gasteiger partial charge in [0.15, 0.2) is 0 Å². The first-order valence-electron chi connectivity index (χ1n) is 11.1. The minimum Gasteiger partial charge on any atom is -0.491 e. The van der Waals surface area contributed by atoms with Crippen LogP contribution in [0, 0.1) is 0 Å². The van der Waals surface area contributed by atoms with E-state index in [1.54, 1.807) is 31.3 Å². The van der Waals surface area contributed by atoms with E-state index in [0.29, 0.717) is 23.1 Å². The van der Waals surface area contributed by atoms with Gasteiger partial charge in [0.1, 0.15) is 5.75 Å². The maximum atomic E-state index is 12.6. The Morgan fingerprint density at radius 1 is 0.853 bits per heavy atom. The molecule has 0 aliphatic heterocycles. The summed E-state index contributed by atoms with van der Waals surface area (Å²) in [5.41, 5.74) is 2.53. The molecule has 0 unspecified atom stereocenters. The average Bonchev–Trinajstić information content (AvgIpc) is 2.84. The summed E-state index contributed by atoms with van der Waals surface area (Å²) >= 11 is 0. The maximum Gasteiger partial charge on any atom is 0.317 e. The third-order valence-electron chi connectivity index (χ3n) is 5.57. The number of hydrogen-bond acceptors (Lipinski definition) is 4. The van der Waals surface area contributed by atoms with Crippen molar-refractivity contribution in [3.05, 3.63) is 110 Å². The van der Waals surface area contributed by atoms with E-state index >= 15 is 0 Å². The maximum absolute atomic E-state index is 12.6. The number of hydrogen-bond donors (Lipinski definition) is 1. The molecule has 0 spiro atoms. The summed E-state index contributed by atoms with van der Waals surface area (Å²) in [4.78, 5) is 37.6. The van der Waals surface area contributed by atoms with E-state index in [2.05, 4.69) is 5.32 Å². The van der Waals surface area contributed by atoms with Crippen LogP contribution >= 0.6 is 0 Å². The van der Waals surface area contributed by atoms with Gasteiger partial charge in [-0.05, 0) is 61.4 Å². The van der Waals surface area contributed by atoms with Gasteiger partial charge in [-0.1, -0.05) is 36.4 Å². The lowest BCUT2D eigenvalue weighted by molar-refractivity contribution is 0.0951.